The predicted octanol–water partition coefficient (Wildman–Crippen LogP) is 4.50. The first-order valence-electron chi connectivity index (χ1n) is 7.58. The molecule has 0 aromatic carbocycles. The van der Waals surface area contributed by atoms with E-state index in [9.17, 15) is 0 Å². The summed E-state index contributed by atoms with van der Waals surface area (Å²) in [6.07, 6.45) is 15.8. The van der Waals surface area contributed by atoms with Crippen molar-refractivity contribution < 1.29 is 0 Å². The SMILES string of the molecule is CCC(CCCN)C1CCCCCCCC1. The average Bonchev–Trinajstić information content (AvgIpc) is 2.44. The Bertz CT molecular complexity index is 146. The van der Waals surface area contributed by atoms with Crippen LogP contribution in [0.3, 0.4) is 0 Å². The van der Waals surface area contributed by atoms with E-state index in [1.807, 2.05) is 0 Å². The Hall–Kier alpha value is -0.0400. The molecule has 1 aliphatic rings. The first-order valence-corrected chi connectivity index (χ1v) is 7.58. The van der Waals surface area contributed by atoms with Gasteiger partial charge in [0, 0.05) is 0 Å². The Morgan fingerprint density at radius 3 is 2.06 bits per heavy atom. The zero-order valence-electron chi connectivity index (χ0n) is 11.2. The predicted molar refractivity (Wildman–Crippen MR) is 72.5 cm³/mol. The molecular formula is C15H31N. The molecule has 0 aromatic heterocycles. The van der Waals surface area contributed by atoms with Crippen LogP contribution >= 0.6 is 0 Å². The lowest BCUT2D eigenvalue weighted by Gasteiger charge is -2.26. The molecule has 0 aromatic rings. The number of rotatable bonds is 5. The molecule has 0 bridgehead atoms. The van der Waals surface area contributed by atoms with Crippen LogP contribution in [0.2, 0.25) is 0 Å². The van der Waals surface area contributed by atoms with E-state index < -0.39 is 0 Å². The van der Waals surface area contributed by atoms with Gasteiger partial charge < -0.3 is 5.73 Å². The van der Waals surface area contributed by atoms with Crippen molar-refractivity contribution in [3.63, 3.8) is 0 Å². The quantitative estimate of drug-likeness (QED) is 0.732. The van der Waals surface area contributed by atoms with Gasteiger partial charge in [0.1, 0.15) is 0 Å². The summed E-state index contributed by atoms with van der Waals surface area (Å²) in [4.78, 5) is 0. The van der Waals surface area contributed by atoms with E-state index in [1.165, 1.54) is 70.6 Å². The Morgan fingerprint density at radius 2 is 1.56 bits per heavy atom. The molecule has 1 heteroatoms. The fourth-order valence-corrected chi connectivity index (χ4v) is 3.29. The summed E-state index contributed by atoms with van der Waals surface area (Å²) in [5.74, 6) is 1.97. The summed E-state index contributed by atoms with van der Waals surface area (Å²) in [7, 11) is 0. The molecule has 1 atom stereocenters. The Kier molecular flexibility index (Phi) is 7.92. The van der Waals surface area contributed by atoms with Gasteiger partial charge in [-0.05, 0) is 31.2 Å². The Labute approximate surface area is 102 Å². The zero-order valence-corrected chi connectivity index (χ0v) is 11.2. The van der Waals surface area contributed by atoms with Gasteiger partial charge in [0.15, 0.2) is 0 Å². The van der Waals surface area contributed by atoms with Crippen molar-refractivity contribution in [2.75, 3.05) is 6.54 Å². The van der Waals surface area contributed by atoms with Crippen molar-refractivity contribution in [3.8, 4) is 0 Å². The third kappa shape index (κ3) is 5.34. The lowest BCUT2D eigenvalue weighted by atomic mass is 9.80. The van der Waals surface area contributed by atoms with Crippen LogP contribution in [-0.2, 0) is 0 Å². The first kappa shape index (κ1) is 14.0. The van der Waals surface area contributed by atoms with Gasteiger partial charge in [0.25, 0.3) is 0 Å². The van der Waals surface area contributed by atoms with E-state index >= 15 is 0 Å². The minimum atomic E-state index is 0.878. The van der Waals surface area contributed by atoms with Crippen LogP contribution in [-0.4, -0.2) is 6.54 Å². The molecule has 1 aliphatic carbocycles. The maximum atomic E-state index is 5.64. The van der Waals surface area contributed by atoms with Crippen molar-refractivity contribution in [2.24, 2.45) is 17.6 Å². The van der Waals surface area contributed by atoms with Gasteiger partial charge in [-0.1, -0.05) is 64.7 Å². The summed E-state index contributed by atoms with van der Waals surface area (Å²) in [5.41, 5.74) is 5.64. The van der Waals surface area contributed by atoms with Crippen LogP contribution in [0.1, 0.15) is 77.6 Å². The second-order valence-corrected chi connectivity index (χ2v) is 5.56. The second-order valence-electron chi connectivity index (χ2n) is 5.56. The second kappa shape index (κ2) is 9.04. The molecule has 0 heterocycles. The molecule has 0 radical (unpaired) electrons. The van der Waals surface area contributed by atoms with Crippen LogP contribution in [0.25, 0.3) is 0 Å². The monoisotopic (exact) mass is 225 g/mol. The molecule has 0 amide bonds. The van der Waals surface area contributed by atoms with Gasteiger partial charge in [-0.25, -0.2) is 0 Å². The summed E-state index contributed by atoms with van der Waals surface area (Å²) >= 11 is 0. The van der Waals surface area contributed by atoms with E-state index in [2.05, 4.69) is 6.92 Å². The van der Waals surface area contributed by atoms with Crippen molar-refractivity contribution in [1.29, 1.82) is 0 Å². The molecule has 0 spiro atoms. The van der Waals surface area contributed by atoms with Gasteiger partial charge in [-0.3, -0.25) is 0 Å². The standard InChI is InChI=1S/C15H31N/c1-2-14(12-9-13-16)15-10-7-5-3-4-6-8-11-15/h14-15H,2-13,16H2,1H3. The van der Waals surface area contributed by atoms with Crippen LogP contribution in [0, 0.1) is 11.8 Å². The van der Waals surface area contributed by atoms with E-state index in [0.717, 1.165) is 18.4 Å². The molecule has 2 N–H and O–H groups in total. The highest BCUT2D eigenvalue weighted by Crippen LogP contribution is 2.32. The normalized spacial score (nSPS) is 22.1. The van der Waals surface area contributed by atoms with Crippen molar-refractivity contribution in [3.05, 3.63) is 0 Å². The summed E-state index contributed by atoms with van der Waals surface area (Å²) in [6, 6.07) is 0. The molecule has 96 valence electrons. The number of hydrogen-bond acceptors (Lipinski definition) is 1. The smallest absolute Gasteiger partial charge is 0.00772 e. The van der Waals surface area contributed by atoms with Gasteiger partial charge >= 0.3 is 0 Å². The molecular weight excluding hydrogens is 194 g/mol. The summed E-state index contributed by atoms with van der Waals surface area (Å²) < 4.78 is 0. The average molecular weight is 225 g/mol. The molecule has 1 nitrogen and oxygen atoms in total. The summed E-state index contributed by atoms with van der Waals surface area (Å²) in [5, 5.41) is 0. The summed E-state index contributed by atoms with van der Waals surface area (Å²) in [6.45, 7) is 3.25. The highest BCUT2D eigenvalue weighted by Gasteiger charge is 2.19. The van der Waals surface area contributed by atoms with Gasteiger partial charge in [0.2, 0.25) is 0 Å². The van der Waals surface area contributed by atoms with Gasteiger partial charge in [-0.15, -0.1) is 0 Å². The fourth-order valence-electron chi connectivity index (χ4n) is 3.29. The minimum Gasteiger partial charge on any atom is -0.330 e. The molecule has 1 unspecified atom stereocenters. The van der Waals surface area contributed by atoms with E-state index in [0.29, 0.717) is 0 Å². The van der Waals surface area contributed by atoms with Crippen LogP contribution in [0.5, 0.6) is 0 Å². The first-order chi connectivity index (χ1) is 7.88. The van der Waals surface area contributed by atoms with Crippen LogP contribution in [0.4, 0.5) is 0 Å². The van der Waals surface area contributed by atoms with Crippen LogP contribution in [0.15, 0.2) is 0 Å². The lowest BCUT2D eigenvalue weighted by Crippen LogP contribution is -2.16. The number of hydrogen-bond donors (Lipinski definition) is 1. The zero-order chi connectivity index (χ0) is 11.6. The van der Waals surface area contributed by atoms with E-state index in [4.69, 9.17) is 5.73 Å². The van der Waals surface area contributed by atoms with E-state index in [1.54, 1.807) is 0 Å². The molecule has 0 aliphatic heterocycles. The van der Waals surface area contributed by atoms with Crippen molar-refractivity contribution >= 4 is 0 Å². The highest BCUT2D eigenvalue weighted by atomic mass is 14.5. The number of nitrogens with two attached hydrogens (primary N) is 1. The highest BCUT2D eigenvalue weighted by molar-refractivity contribution is 4.71. The molecule has 0 saturated heterocycles. The Morgan fingerprint density at radius 1 is 1.00 bits per heavy atom. The third-order valence-electron chi connectivity index (χ3n) is 4.37. The molecule has 1 saturated carbocycles. The molecule has 1 rings (SSSR count). The van der Waals surface area contributed by atoms with Gasteiger partial charge in [-0.2, -0.15) is 0 Å². The topological polar surface area (TPSA) is 26.0 Å². The maximum absolute atomic E-state index is 5.64. The fraction of sp³-hybridized carbons (Fsp3) is 1.00. The van der Waals surface area contributed by atoms with E-state index in [-0.39, 0.29) is 0 Å². The van der Waals surface area contributed by atoms with Gasteiger partial charge in [0.05, 0.1) is 0 Å². The largest absolute Gasteiger partial charge is 0.330 e. The Balaban J connectivity index is 2.37. The van der Waals surface area contributed by atoms with Crippen LogP contribution < -0.4 is 5.73 Å². The van der Waals surface area contributed by atoms with Crippen molar-refractivity contribution in [1.82, 2.24) is 0 Å². The van der Waals surface area contributed by atoms with Crippen molar-refractivity contribution in [2.45, 2.75) is 77.6 Å². The minimum absolute atomic E-state index is 0.878. The maximum Gasteiger partial charge on any atom is -0.00772 e. The molecule has 1 fully saturated rings. The lowest BCUT2D eigenvalue weighted by molar-refractivity contribution is 0.258. The third-order valence-corrected chi connectivity index (χ3v) is 4.37. The molecule has 16 heavy (non-hydrogen) atoms.